The van der Waals surface area contributed by atoms with Crippen LogP contribution in [-0.2, 0) is 5.54 Å². The number of nitrogens with zero attached hydrogens (tertiary/aromatic N) is 4. The molecule has 0 saturated carbocycles. The van der Waals surface area contributed by atoms with Crippen molar-refractivity contribution < 1.29 is 0 Å². The van der Waals surface area contributed by atoms with E-state index in [4.69, 9.17) is 0 Å². The van der Waals surface area contributed by atoms with Gasteiger partial charge in [0.1, 0.15) is 0 Å². The van der Waals surface area contributed by atoms with Crippen molar-refractivity contribution in [3.8, 4) is 0 Å². The van der Waals surface area contributed by atoms with E-state index in [1.165, 1.54) is 55.1 Å². The van der Waals surface area contributed by atoms with E-state index in [1.54, 1.807) is 0 Å². The summed E-state index contributed by atoms with van der Waals surface area (Å²) in [5.74, 6) is 0. The number of rotatable bonds is 10. The summed E-state index contributed by atoms with van der Waals surface area (Å²) in [6, 6.07) is 16.2. The highest BCUT2D eigenvalue weighted by Crippen LogP contribution is 2.39. The van der Waals surface area contributed by atoms with Crippen molar-refractivity contribution in [1.29, 1.82) is 0 Å². The van der Waals surface area contributed by atoms with Crippen LogP contribution in [0.15, 0.2) is 42.5 Å². The topological polar surface area (TPSA) is 25.0 Å². The zero-order valence-corrected chi connectivity index (χ0v) is 22.1. The van der Waals surface area contributed by atoms with Crippen molar-refractivity contribution in [2.45, 2.75) is 51.2 Å². The molecule has 4 rings (SSSR count). The van der Waals surface area contributed by atoms with Crippen LogP contribution in [0.1, 0.15) is 45.1 Å². The Kier molecular flexibility index (Phi) is 9.00. The lowest BCUT2D eigenvalue weighted by Crippen LogP contribution is -2.67. The maximum Gasteiger partial charge on any atom is 0.0756 e. The predicted octanol–water partition coefficient (Wildman–Crippen LogP) is 4.05. The maximum absolute atomic E-state index is 3.56. The molecule has 2 aliphatic heterocycles. The third-order valence-corrected chi connectivity index (χ3v) is 8.06. The second-order valence-electron chi connectivity index (χ2n) is 10.7. The molecule has 0 bridgehead atoms. The monoisotopic (exact) mass is 465 g/mol. The molecular formula is C29H47N5. The van der Waals surface area contributed by atoms with E-state index >= 15 is 0 Å². The number of unbranched alkanes of at least 4 members (excludes halogenated alkanes) is 1. The molecule has 2 fully saturated rings. The second-order valence-corrected chi connectivity index (χ2v) is 10.7. The van der Waals surface area contributed by atoms with E-state index < -0.39 is 0 Å². The van der Waals surface area contributed by atoms with Gasteiger partial charge >= 0.3 is 0 Å². The fourth-order valence-electron chi connectivity index (χ4n) is 6.19. The van der Waals surface area contributed by atoms with Crippen molar-refractivity contribution >= 4 is 10.8 Å². The fraction of sp³-hybridized carbons (Fsp3) is 0.655. The van der Waals surface area contributed by atoms with Gasteiger partial charge in [-0.15, -0.1) is 0 Å². The van der Waals surface area contributed by atoms with Gasteiger partial charge < -0.3 is 5.32 Å². The summed E-state index contributed by atoms with van der Waals surface area (Å²) in [5.41, 5.74) is 1.52. The Bertz CT molecular complexity index is 893. The molecule has 2 aliphatic rings. The smallest absolute Gasteiger partial charge is 0.0756 e. The molecule has 0 aliphatic carbocycles. The lowest BCUT2D eigenvalue weighted by atomic mass is 9.80. The van der Waals surface area contributed by atoms with Crippen LogP contribution in [-0.4, -0.2) is 98.8 Å². The van der Waals surface area contributed by atoms with E-state index in [2.05, 4.69) is 95.3 Å². The molecule has 2 atom stereocenters. The van der Waals surface area contributed by atoms with Crippen LogP contribution in [0, 0.1) is 0 Å². The summed E-state index contributed by atoms with van der Waals surface area (Å²) < 4.78 is 0. The Morgan fingerprint density at radius 3 is 2.38 bits per heavy atom. The number of piperazine rings is 2. The Hall–Kier alpha value is -1.50. The Morgan fingerprint density at radius 2 is 1.68 bits per heavy atom. The van der Waals surface area contributed by atoms with E-state index in [1.807, 2.05) is 0 Å². The van der Waals surface area contributed by atoms with E-state index in [9.17, 15) is 0 Å². The van der Waals surface area contributed by atoms with Gasteiger partial charge in [-0.05, 0) is 55.9 Å². The van der Waals surface area contributed by atoms with Crippen LogP contribution in [0.4, 0.5) is 0 Å². The first kappa shape index (κ1) is 25.6. The van der Waals surface area contributed by atoms with Gasteiger partial charge in [-0.1, -0.05) is 63.1 Å². The van der Waals surface area contributed by atoms with Crippen molar-refractivity contribution in [3.63, 3.8) is 0 Å². The summed E-state index contributed by atoms with van der Waals surface area (Å²) in [7, 11) is 4.56. The van der Waals surface area contributed by atoms with Crippen LogP contribution in [0.2, 0.25) is 0 Å². The molecule has 2 aromatic rings. The third kappa shape index (κ3) is 5.66. The average molecular weight is 466 g/mol. The van der Waals surface area contributed by atoms with E-state index in [0.29, 0.717) is 6.17 Å². The highest BCUT2D eigenvalue weighted by molar-refractivity contribution is 5.83. The summed E-state index contributed by atoms with van der Waals surface area (Å²) in [4.78, 5) is 10.8. The third-order valence-electron chi connectivity index (χ3n) is 8.06. The predicted molar refractivity (Wildman–Crippen MR) is 145 cm³/mol. The first-order valence-electron chi connectivity index (χ1n) is 13.7. The van der Waals surface area contributed by atoms with Crippen LogP contribution in [0.25, 0.3) is 10.8 Å². The molecule has 2 unspecified atom stereocenters. The van der Waals surface area contributed by atoms with Crippen LogP contribution in [0.3, 0.4) is 0 Å². The van der Waals surface area contributed by atoms with Gasteiger partial charge in [0.05, 0.1) is 11.7 Å². The molecule has 0 aromatic heterocycles. The average Bonchev–Trinajstić information content (AvgIpc) is 2.87. The van der Waals surface area contributed by atoms with Gasteiger partial charge in [0.15, 0.2) is 0 Å². The lowest BCUT2D eigenvalue weighted by Gasteiger charge is -2.55. The largest absolute Gasteiger partial charge is 0.314 e. The SMILES string of the molecule is CCCCN1CCN(C(CCC)(CN2CCNCC2)c2ccc3ccccc3c2)C(N(C)C)C1. The van der Waals surface area contributed by atoms with Gasteiger partial charge in [0, 0.05) is 52.4 Å². The highest BCUT2D eigenvalue weighted by atomic mass is 15.4. The molecule has 2 saturated heterocycles. The summed E-state index contributed by atoms with van der Waals surface area (Å²) in [6.45, 7) is 14.9. The standard InChI is InChI=1S/C29H47N5/c1-5-7-17-32-20-21-34(28(23-32)31(3)4)29(14-6-2,24-33-18-15-30-16-19-33)27-13-12-25-10-8-9-11-26(25)22-27/h8-13,22,28,30H,5-7,14-21,23-24H2,1-4H3. The molecule has 5 nitrogen and oxygen atoms in total. The molecule has 2 aromatic carbocycles. The first-order valence-corrected chi connectivity index (χ1v) is 13.7. The quantitative estimate of drug-likeness (QED) is 0.571. The van der Waals surface area contributed by atoms with Crippen LogP contribution in [0.5, 0.6) is 0 Å². The molecule has 5 heteroatoms. The van der Waals surface area contributed by atoms with Gasteiger partial charge in [-0.3, -0.25) is 19.6 Å². The number of fused-ring (bicyclic) bond motifs is 1. The summed E-state index contributed by atoms with van der Waals surface area (Å²) >= 11 is 0. The Balaban J connectivity index is 1.76. The summed E-state index contributed by atoms with van der Waals surface area (Å²) in [6.07, 6.45) is 5.37. The number of hydrogen-bond acceptors (Lipinski definition) is 5. The number of nitrogens with one attached hydrogen (secondary N) is 1. The highest BCUT2D eigenvalue weighted by Gasteiger charge is 2.45. The minimum Gasteiger partial charge on any atom is -0.314 e. The Labute approximate surface area is 208 Å². The molecule has 2 heterocycles. The number of likely N-dealkylation sites (N-methyl/N-ethyl adjacent to an activating group) is 1. The van der Waals surface area contributed by atoms with Crippen LogP contribution >= 0.6 is 0 Å². The van der Waals surface area contributed by atoms with E-state index in [-0.39, 0.29) is 5.54 Å². The number of hydrogen-bond donors (Lipinski definition) is 1. The van der Waals surface area contributed by atoms with Crippen molar-refractivity contribution in [2.24, 2.45) is 0 Å². The van der Waals surface area contributed by atoms with E-state index in [0.717, 1.165) is 45.8 Å². The minimum atomic E-state index is 0.0158. The molecular weight excluding hydrogens is 418 g/mol. The molecule has 188 valence electrons. The summed E-state index contributed by atoms with van der Waals surface area (Å²) in [5, 5.41) is 6.26. The zero-order valence-electron chi connectivity index (χ0n) is 22.1. The lowest BCUT2D eigenvalue weighted by molar-refractivity contribution is -0.0875. The van der Waals surface area contributed by atoms with Gasteiger partial charge in [0.2, 0.25) is 0 Å². The molecule has 0 spiro atoms. The second kappa shape index (κ2) is 12.0. The first-order chi connectivity index (χ1) is 16.6. The van der Waals surface area contributed by atoms with Gasteiger partial charge in [-0.25, -0.2) is 0 Å². The molecule has 0 amide bonds. The van der Waals surface area contributed by atoms with Gasteiger partial charge in [-0.2, -0.15) is 0 Å². The maximum atomic E-state index is 3.56. The fourth-order valence-corrected chi connectivity index (χ4v) is 6.19. The molecule has 0 radical (unpaired) electrons. The van der Waals surface area contributed by atoms with Crippen molar-refractivity contribution in [2.75, 3.05) is 73.0 Å². The zero-order chi connectivity index (χ0) is 24.0. The normalized spacial score (nSPS) is 22.9. The molecule has 1 N–H and O–H groups in total. The van der Waals surface area contributed by atoms with Gasteiger partial charge in [0.25, 0.3) is 0 Å². The molecule has 34 heavy (non-hydrogen) atoms. The van der Waals surface area contributed by atoms with Crippen molar-refractivity contribution in [1.82, 2.24) is 24.9 Å². The van der Waals surface area contributed by atoms with Crippen LogP contribution < -0.4 is 5.32 Å². The Morgan fingerprint density at radius 1 is 0.912 bits per heavy atom. The van der Waals surface area contributed by atoms with Crippen molar-refractivity contribution in [3.05, 3.63) is 48.0 Å². The number of benzene rings is 2. The minimum absolute atomic E-state index is 0.0158.